The van der Waals surface area contributed by atoms with Crippen LogP contribution in [0.5, 0.6) is 0 Å². The number of carbonyl (C=O) groups excluding carboxylic acids is 1. The SMILES string of the molecule is O=C(c1nc2ccccc2s1)N1CCN(CCc2nc(-c3cccs3)cs2)CC1. The van der Waals surface area contributed by atoms with Crippen LogP contribution in [-0.2, 0) is 6.42 Å². The van der Waals surface area contributed by atoms with Crippen LogP contribution in [0.25, 0.3) is 20.8 Å². The zero-order chi connectivity index (χ0) is 19.6. The first-order valence-electron chi connectivity index (χ1n) is 9.62. The zero-order valence-corrected chi connectivity index (χ0v) is 18.2. The number of rotatable bonds is 5. The van der Waals surface area contributed by atoms with E-state index in [1.807, 2.05) is 29.2 Å². The quantitative estimate of drug-likeness (QED) is 0.459. The van der Waals surface area contributed by atoms with Crippen LogP contribution in [-0.4, -0.2) is 58.4 Å². The molecule has 8 heteroatoms. The van der Waals surface area contributed by atoms with Crippen LogP contribution in [0.1, 0.15) is 14.8 Å². The number of thiazole rings is 2. The highest BCUT2D eigenvalue weighted by molar-refractivity contribution is 7.20. The first-order valence-corrected chi connectivity index (χ1v) is 12.2. The Morgan fingerprint density at radius 3 is 2.66 bits per heavy atom. The van der Waals surface area contributed by atoms with Crippen molar-refractivity contribution in [3.05, 3.63) is 57.2 Å². The van der Waals surface area contributed by atoms with Gasteiger partial charge >= 0.3 is 0 Å². The first-order chi connectivity index (χ1) is 14.3. The molecule has 1 saturated heterocycles. The highest BCUT2D eigenvalue weighted by Gasteiger charge is 2.24. The van der Waals surface area contributed by atoms with E-state index in [4.69, 9.17) is 4.98 Å². The Morgan fingerprint density at radius 2 is 1.86 bits per heavy atom. The van der Waals surface area contributed by atoms with Crippen LogP contribution >= 0.6 is 34.0 Å². The lowest BCUT2D eigenvalue weighted by Crippen LogP contribution is -2.49. The molecule has 1 amide bonds. The molecule has 0 radical (unpaired) electrons. The summed E-state index contributed by atoms with van der Waals surface area (Å²) >= 11 is 4.95. The Kier molecular flexibility index (Phi) is 5.41. The van der Waals surface area contributed by atoms with Crippen LogP contribution in [0.15, 0.2) is 47.2 Å². The molecule has 0 spiro atoms. The molecule has 1 aliphatic rings. The van der Waals surface area contributed by atoms with E-state index < -0.39 is 0 Å². The van der Waals surface area contributed by atoms with Gasteiger partial charge in [0.15, 0.2) is 5.01 Å². The zero-order valence-electron chi connectivity index (χ0n) is 15.8. The van der Waals surface area contributed by atoms with Gasteiger partial charge in [-0.05, 0) is 23.6 Å². The van der Waals surface area contributed by atoms with E-state index >= 15 is 0 Å². The lowest BCUT2D eigenvalue weighted by atomic mass is 10.3. The Bertz CT molecular complexity index is 1080. The van der Waals surface area contributed by atoms with Crippen LogP contribution in [0.2, 0.25) is 0 Å². The lowest BCUT2D eigenvalue weighted by Gasteiger charge is -2.34. The van der Waals surface area contributed by atoms with Crippen molar-refractivity contribution < 1.29 is 4.79 Å². The number of para-hydroxylation sites is 1. The monoisotopic (exact) mass is 440 g/mol. The maximum absolute atomic E-state index is 12.8. The number of hydrogen-bond acceptors (Lipinski definition) is 7. The van der Waals surface area contributed by atoms with Gasteiger partial charge in [-0.1, -0.05) is 18.2 Å². The third kappa shape index (κ3) is 4.11. The molecule has 148 valence electrons. The van der Waals surface area contributed by atoms with Gasteiger partial charge in [-0.25, -0.2) is 9.97 Å². The Hall–Kier alpha value is -2.13. The second kappa shape index (κ2) is 8.31. The highest BCUT2D eigenvalue weighted by Crippen LogP contribution is 2.26. The number of carbonyl (C=O) groups is 1. The average Bonchev–Trinajstić information content (AvgIpc) is 3.52. The standard InChI is InChI=1S/C21H20N4OS3/c26-21(20-23-15-4-1-2-5-18(15)29-20)25-11-9-24(10-12-25)8-7-19-22-16(14-28-19)17-6-3-13-27-17/h1-6,13-14H,7-12H2. The molecule has 1 fully saturated rings. The summed E-state index contributed by atoms with van der Waals surface area (Å²) in [5, 5.41) is 6.02. The van der Waals surface area contributed by atoms with Crippen LogP contribution in [0, 0.1) is 0 Å². The van der Waals surface area contributed by atoms with Gasteiger partial charge in [-0.2, -0.15) is 0 Å². The van der Waals surface area contributed by atoms with Gasteiger partial charge < -0.3 is 4.90 Å². The molecule has 4 heterocycles. The summed E-state index contributed by atoms with van der Waals surface area (Å²) in [5.74, 6) is 0.0614. The number of amides is 1. The predicted molar refractivity (Wildman–Crippen MR) is 121 cm³/mol. The second-order valence-corrected chi connectivity index (χ2v) is 9.90. The molecule has 5 nitrogen and oxygen atoms in total. The van der Waals surface area contributed by atoms with Gasteiger partial charge in [0, 0.05) is 44.5 Å². The minimum atomic E-state index is 0.0614. The Morgan fingerprint density at radius 1 is 1.00 bits per heavy atom. The number of aromatic nitrogens is 2. The molecule has 29 heavy (non-hydrogen) atoms. The minimum absolute atomic E-state index is 0.0614. The molecule has 0 N–H and O–H groups in total. The molecule has 1 aliphatic heterocycles. The summed E-state index contributed by atoms with van der Waals surface area (Å²) in [6.45, 7) is 4.31. The number of nitrogens with zero attached hydrogens (tertiary/aromatic N) is 4. The van der Waals surface area contributed by atoms with Crippen LogP contribution in [0.3, 0.4) is 0 Å². The summed E-state index contributed by atoms with van der Waals surface area (Å²) in [6, 6.07) is 12.1. The third-order valence-corrected chi connectivity index (χ3v) is 7.93. The minimum Gasteiger partial charge on any atom is -0.334 e. The van der Waals surface area contributed by atoms with Gasteiger partial charge in [-0.3, -0.25) is 9.69 Å². The Balaban J connectivity index is 1.14. The molecular weight excluding hydrogens is 420 g/mol. The van der Waals surface area contributed by atoms with Gasteiger partial charge in [0.05, 0.1) is 25.8 Å². The molecule has 5 rings (SSSR count). The van der Waals surface area contributed by atoms with Crippen molar-refractivity contribution in [3.8, 4) is 10.6 Å². The fraction of sp³-hybridized carbons (Fsp3) is 0.286. The molecule has 0 atom stereocenters. The van der Waals surface area contributed by atoms with Gasteiger partial charge in [0.25, 0.3) is 5.91 Å². The summed E-state index contributed by atoms with van der Waals surface area (Å²) in [7, 11) is 0. The maximum atomic E-state index is 12.8. The summed E-state index contributed by atoms with van der Waals surface area (Å²) < 4.78 is 1.07. The smallest absolute Gasteiger partial charge is 0.282 e. The molecule has 4 aromatic rings. The van der Waals surface area contributed by atoms with E-state index in [1.54, 1.807) is 22.7 Å². The molecular formula is C21H20N4OS3. The molecule has 0 saturated carbocycles. The maximum Gasteiger partial charge on any atom is 0.282 e. The van der Waals surface area contributed by atoms with Crippen molar-refractivity contribution in [2.75, 3.05) is 32.7 Å². The fourth-order valence-electron chi connectivity index (χ4n) is 3.49. The molecule has 0 bridgehead atoms. The summed E-state index contributed by atoms with van der Waals surface area (Å²) in [5.41, 5.74) is 2.00. The molecule has 0 unspecified atom stereocenters. The topological polar surface area (TPSA) is 49.3 Å². The molecule has 1 aromatic carbocycles. The van der Waals surface area contributed by atoms with E-state index in [0.717, 1.165) is 55.1 Å². The highest BCUT2D eigenvalue weighted by atomic mass is 32.1. The number of fused-ring (bicyclic) bond motifs is 1. The third-order valence-electron chi connectivity index (χ3n) is 5.10. The summed E-state index contributed by atoms with van der Waals surface area (Å²) in [4.78, 5) is 27.7. The van der Waals surface area contributed by atoms with E-state index in [9.17, 15) is 4.79 Å². The molecule has 3 aromatic heterocycles. The van der Waals surface area contributed by atoms with Crippen LogP contribution in [0.4, 0.5) is 0 Å². The number of benzene rings is 1. The van der Waals surface area contributed by atoms with Crippen molar-refractivity contribution in [1.29, 1.82) is 0 Å². The van der Waals surface area contributed by atoms with Gasteiger partial charge in [0.2, 0.25) is 0 Å². The van der Waals surface area contributed by atoms with E-state index in [2.05, 4.69) is 32.8 Å². The van der Waals surface area contributed by atoms with E-state index in [0.29, 0.717) is 5.01 Å². The fourth-order valence-corrected chi connectivity index (χ4v) is 5.97. The van der Waals surface area contributed by atoms with Gasteiger partial charge in [-0.15, -0.1) is 34.0 Å². The van der Waals surface area contributed by atoms with Crippen molar-refractivity contribution in [1.82, 2.24) is 19.8 Å². The van der Waals surface area contributed by atoms with Gasteiger partial charge in [0.1, 0.15) is 0 Å². The largest absolute Gasteiger partial charge is 0.334 e. The number of piperazine rings is 1. The summed E-state index contributed by atoms with van der Waals surface area (Å²) in [6.07, 6.45) is 0.960. The number of thiophene rings is 1. The number of hydrogen-bond donors (Lipinski definition) is 0. The normalized spacial score (nSPS) is 15.2. The van der Waals surface area contributed by atoms with Crippen molar-refractivity contribution >= 4 is 50.1 Å². The second-order valence-electron chi connectivity index (χ2n) is 6.97. The molecule has 0 aliphatic carbocycles. The van der Waals surface area contributed by atoms with Crippen molar-refractivity contribution in [2.24, 2.45) is 0 Å². The first kappa shape index (κ1) is 18.9. The van der Waals surface area contributed by atoms with E-state index in [1.165, 1.54) is 21.2 Å². The average molecular weight is 441 g/mol. The van der Waals surface area contributed by atoms with E-state index in [-0.39, 0.29) is 5.91 Å². The van der Waals surface area contributed by atoms with Crippen molar-refractivity contribution in [2.45, 2.75) is 6.42 Å². The predicted octanol–water partition coefficient (Wildman–Crippen LogP) is 4.48. The van der Waals surface area contributed by atoms with Crippen LogP contribution < -0.4 is 0 Å². The van der Waals surface area contributed by atoms with Crippen molar-refractivity contribution in [3.63, 3.8) is 0 Å². The lowest BCUT2D eigenvalue weighted by molar-refractivity contribution is 0.0638. The Labute approximate surface area is 181 Å².